The molecule has 1 nitrogen and oxygen atoms in total. The summed E-state index contributed by atoms with van der Waals surface area (Å²) in [6.45, 7) is 4.64. The number of ether oxygens (including phenoxy) is 1. The van der Waals surface area contributed by atoms with Gasteiger partial charge in [0.2, 0.25) is 0 Å². The number of rotatable bonds is 2. The topological polar surface area (TPSA) is 9.23 Å². The summed E-state index contributed by atoms with van der Waals surface area (Å²) in [5.74, 6) is 6.98. The fourth-order valence-electron chi connectivity index (χ4n) is 1.15. The Kier molecular flexibility index (Phi) is 4.35. The molecule has 0 atom stereocenters. The van der Waals surface area contributed by atoms with Crippen LogP contribution in [0.2, 0.25) is 0 Å². The molecular weight excluding hydrogens is 196 g/mol. The van der Waals surface area contributed by atoms with E-state index < -0.39 is 0 Å². The van der Waals surface area contributed by atoms with Crippen molar-refractivity contribution in [2.75, 3.05) is 12.5 Å². The van der Waals surface area contributed by atoms with Gasteiger partial charge in [-0.05, 0) is 31.5 Å². The van der Waals surface area contributed by atoms with Gasteiger partial charge in [0.1, 0.15) is 5.75 Å². The van der Waals surface area contributed by atoms with E-state index in [2.05, 4.69) is 11.8 Å². The standard InChI is InChI=1S/C12H13ClO/c1-3-14-12-7-6-10(2)9-11(12)5-4-8-13/h6-7,9H,3,8H2,1-2H3. The van der Waals surface area contributed by atoms with Gasteiger partial charge in [0.15, 0.2) is 0 Å². The Balaban J connectivity index is 3.02. The van der Waals surface area contributed by atoms with Crippen molar-refractivity contribution in [2.24, 2.45) is 0 Å². The maximum atomic E-state index is 5.51. The molecule has 0 aliphatic heterocycles. The third-order valence-electron chi connectivity index (χ3n) is 1.72. The molecule has 0 saturated heterocycles. The molecule has 74 valence electrons. The van der Waals surface area contributed by atoms with Crippen LogP contribution in [-0.4, -0.2) is 12.5 Å². The van der Waals surface area contributed by atoms with Gasteiger partial charge >= 0.3 is 0 Å². The minimum absolute atomic E-state index is 0.347. The van der Waals surface area contributed by atoms with E-state index in [0.717, 1.165) is 11.3 Å². The Labute approximate surface area is 90.0 Å². The molecule has 0 fully saturated rings. The summed E-state index contributed by atoms with van der Waals surface area (Å²) < 4.78 is 5.44. The summed E-state index contributed by atoms with van der Waals surface area (Å²) in [7, 11) is 0. The first kappa shape index (κ1) is 10.9. The SMILES string of the molecule is CCOc1ccc(C)cc1C#CCCl. The molecule has 1 rings (SSSR count). The molecule has 0 amide bonds. The van der Waals surface area contributed by atoms with Crippen LogP contribution in [0.15, 0.2) is 18.2 Å². The van der Waals surface area contributed by atoms with Crippen molar-refractivity contribution in [1.82, 2.24) is 0 Å². The van der Waals surface area contributed by atoms with E-state index >= 15 is 0 Å². The van der Waals surface area contributed by atoms with Crippen LogP contribution < -0.4 is 4.74 Å². The molecule has 0 radical (unpaired) electrons. The van der Waals surface area contributed by atoms with Gasteiger partial charge in [-0.1, -0.05) is 17.9 Å². The number of aryl methyl sites for hydroxylation is 1. The molecule has 0 aromatic heterocycles. The predicted octanol–water partition coefficient (Wildman–Crippen LogP) is 2.98. The van der Waals surface area contributed by atoms with Crippen LogP contribution in [0.1, 0.15) is 18.1 Å². The van der Waals surface area contributed by atoms with Gasteiger partial charge in [-0.3, -0.25) is 0 Å². The summed E-state index contributed by atoms with van der Waals surface area (Å²) in [6, 6.07) is 5.96. The number of hydrogen-bond donors (Lipinski definition) is 0. The van der Waals surface area contributed by atoms with E-state index in [1.807, 2.05) is 32.0 Å². The minimum Gasteiger partial charge on any atom is -0.493 e. The summed E-state index contributed by atoms with van der Waals surface area (Å²) in [6.07, 6.45) is 0. The number of alkyl halides is 1. The first-order chi connectivity index (χ1) is 6.77. The molecule has 0 unspecified atom stereocenters. The van der Waals surface area contributed by atoms with Crippen molar-refractivity contribution < 1.29 is 4.74 Å². The second kappa shape index (κ2) is 5.57. The summed E-state index contributed by atoms with van der Waals surface area (Å²) in [5.41, 5.74) is 2.08. The smallest absolute Gasteiger partial charge is 0.134 e. The third-order valence-corrected chi connectivity index (χ3v) is 1.86. The summed E-state index contributed by atoms with van der Waals surface area (Å²) in [4.78, 5) is 0. The molecule has 14 heavy (non-hydrogen) atoms. The normalized spacial score (nSPS) is 9.07. The average Bonchev–Trinajstić information content (AvgIpc) is 2.18. The molecule has 0 bridgehead atoms. The van der Waals surface area contributed by atoms with Crippen molar-refractivity contribution in [3.63, 3.8) is 0 Å². The van der Waals surface area contributed by atoms with Gasteiger partial charge in [-0.2, -0.15) is 0 Å². The fourth-order valence-corrected chi connectivity index (χ4v) is 1.22. The predicted molar refractivity (Wildman–Crippen MR) is 59.9 cm³/mol. The maximum Gasteiger partial charge on any atom is 0.134 e. The highest BCUT2D eigenvalue weighted by Gasteiger charge is 1.99. The summed E-state index contributed by atoms with van der Waals surface area (Å²) in [5, 5.41) is 0. The molecule has 0 heterocycles. The lowest BCUT2D eigenvalue weighted by Crippen LogP contribution is -1.94. The lowest BCUT2D eigenvalue weighted by atomic mass is 10.1. The highest BCUT2D eigenvalue weighted by molar-refractivity contribution is 6.19. The van der Waals surface area contributed by atoms with Gasteiger partial charge in [0, 0.05) is 0 Å². The molecule has 0 saturated carbocycles. The van der Waals surface area contributed by atoms with Crippen LogP contribution in [0.4, 0.5) is 0 Å². The van der Waals surface area contributed by atoms with E-state index in [9.17, 15) is 0 Å². The Morgan fingerprint density at radius 1 is 1.43 bits per heavy atom. The van der Waals surface area contributed by atoms with Crippen molar-refractivity contribution >= 4 is 11.6 Å². The minimum atomic E-state index is 0.347. The largest absolute Gasteiger partial charge is 0.493 e. The fraction of sp³-hybridized carbons (Fsp3) is 0.333. The maximum absolute atomic E-state index is 5.51. The lowest BCUT2D eigenvalue weighted by Gasteiger charge is -2.06. The van der Waals surface area contributed by atoms with Crippen LogP contribution >= 0.6 is 11.6 Å². The second-order valence-corrected chi connectivity index (χ2v) is 3.14. The second-order valence-electron chi connectivity index (χ2n) is 2.87. The zero-order valence-electron chi connectivity index (χ0n) is 8.43. The zero-order valence-corrected chi connectivity index (χ0v) is 9.19. The molecule has 0 aliphatic carbocycles. The number of hydrogen-bond acceptors (Lipinski definition) is 1. The molecular formula is C12H13ClO. The highest BCUT2D eigenvalue weighted by atomic mass is 35.5. The lowest BCUT2D eigenvalue weighted by molar-refractivity contribution is 0.339. The Morgan fingerprint density at radius 2 is 2.21 bits per heavy atom. The molecule has 0 N–H and O–H groups in total. The van der Waals surface area contributed by atoms with E-state index in [1.54, 1.807) is 0 Å². The Bertz CT molecular complexity index is 360. The first-order valence-corrected chi connectivity index (χ1v) is 5.09. The van der Waals surface area contributed by atoms with Crippen molar-refractivity contribution in [1.29, 1.82) is 0 Å². The zero-order chi connectivity index (χ0) is 10.4. The number of benzene rings is 1. The molecule has 2 heteroatoms. The number of halogens is 1. The molecule has 0 spiro atoms. The first-order valence-electron chi connectivity index (χ1n) is 4.56. The molecule has 0 aliphatic rings. The van der Waals surface area contributed by atoms with Crippen LogP contribution in [0, 0.1) is 18.8 Å². The van der Waals surface area contributed by atoms with Gasteiger partial charge in [-0.25, -0.2) is 0 Å². The molecule has 1 aromatic carbocycles. The van der Waals surface area contributed by atoms with Gasteiger partial charge < -0.3 is 4.74 Å². The monoisotopic (exact) mass is 208 g/mol. The summed E-state index contributed by atoms with van der Waals surface area (Å²) >= 11 is 5.51. The van der Waals surface area contributed by atoms with E-state index in [0.29, 0.717) is 12.5 Å². The van der Waals surface area contributed by atoms with Gasteiger partial charge in [-0.15, -0.1) is 11.6 Å². The Hall–Kier alpha value is -1.13. The van der Waals surface area contributed by atoms with Crippen molar-refractivity contribution in [2.45, 2.75) is 13.8 Å². The van der Waals surface area contributed by atoms with Crippen LogP contribution in [0.3, 0.4) is 0 Å². The highest BCUT2D eigenvalue weighted by Crippen LogP contribution is 2.18. The van der Waals surface area contributed by atoms with E-state index in [4.69, 9.17) is 16.3 Å². The molecule has 1 aromatic rings. The van der Waals surface area contributed by atoms with E-state index in [1.165, 1.54) is 5.56 Å². The average molecular weight is 209 g/mol. The van der Waals surface area contributed by atoms with Crippen LogP contribution in [0.5, 0.6) is 5.75 Å². The van der Waals surface area contributed by atoms with Crippen LogP contribution in [0.25, 0.3) is 0 Å². The van der Waals surface area contributed by atoms with E-state index in [-0.39, 0.29) is 0 Å². The van der Waals surface area contributed by atoms with Crippen molar-refractivity contribution in [3.05, 3.63) is 29.3 Å². The third kappa shape index (κ3) is 2.97. The Morgan fingerprint density at radius 3 is 2.86 bits per heavy atom. The quantitative estimate of drug-likeness (QED) is 0.537. The van der Waals surface area contributed by atoms with Gasteiger partial charge in [0.25, 0.3) is 0 Å². The van der Waals surface area contributed by atoms with Crippen molar-refractivity contribution in [3.8, 4) is 17.6 Å². The van der Waals surface area contributed by atoms with Gasteiger partial charge in [0.05, 0.1) is 18.1 Å². The van der Waals surface area contributed by atoms with Crippen LogP contribution in [-0.2, 0) is 0 Å².